The van der Waals surface area contributed by atoms with E-state index in [-0.39, 0.29) is 0 Å². The summed E-state index contributed by atoms with van der Waals surface area (Å²) < 4.78 is 0. The van der Waals surface area contributed by atoms with Gasteiger partial charge in [-0.25, -0.2) is 0 Å². The fourth-order valence-corrected chi connectivity index (χ4v) is 3.55. The predicted octanol–water partition coefficient (Wildman–Crippen LogP) is 3.03. The van der Waals surface area contributed by atoms with Gasteiger partial charge in [0.05, 0.1) is 0 Å². The van der Waals surface area contributed by atoms with Gasteiger partial charge < -0.3 is 10.2 Å². The highest BCUT2D eigenvalue weighted by Crippen LogP contribution is 2.28. The van der Waals surface area contributed by atoms with Crippen LogP contribution >= 0.6 is 0 Å². The van der Waals surface area contributed by atoms with E-state index < -0.39 is 0 Å². The molecule has 2 heteroatoms. The number of hydrogen-bond donors (Lipinski definition) is 1. The lowest BCUT2D eigenvalue weighted by atomic mass is 9.96. The summed E-state index contributed by atoms with van der Waals surface area (Å²) in [6, 6.07) is 2.25. The molecule has 2 rings (SSSR count). The van der Waals surface area contributed by atoms with Crippen molar-refractivity contribution in [2.24, 2.45) is 5.92 Å². The summed E-state index contributed by atoms with van der Waals surface area (Å²) in [5.74, 6) is 0.957. The van der Waals surface area contributed by atoms with E-state index >= 15 is 0 Å². The monoisotopic (exact) mass is 238 g/mol. The molecule has 1 N–H and O–H groups in total. The van der Waals surface area contributed by atoms with E-state index in [1.807, 2.05) is 0 Å². The maximum Gasteiger partial charge on any atom is 0.00940 e. The second kappa shape index (κ2) is 6.19. The average Bonchev–Trinajstić information content (AvgIpc) is 2.83. The van der Waals surface area contributed by atoms with Gasteiger partial charge in [0, 0.05) is 18.1 Å². The van der Waals surface area contributed by atoms with Crippen LogP contribution < -0.4 is 5.32 Å². The standard InChI is InChI=1S/C15H30N2/c1-12(2)17-10-8-15(9-11-17)16-13(3)14-6-4-5-7-14/h12-16H,4-11H2,1-3H3. The highest BCUT2D eigenvalue weighted by atomic mass is 15.2. The van der Waals surface area contributed by atoms with Crippen LogP contribution in [0.2, 0.25) is 0 Å². The Bertz CT molecular complexity index is 213. The molecule has 1 aliphatic carbocycles. The fraction of sp³-hybridized carbons (Fsp3) is 1.00. The molecule has 2 aliphatic rings. The maximum absolute atomic E-state index is 3.89. The molecule has 1 atom stereocenters. The molecule has 0 aromatic rings. The molecule has 0 aromatic heterocycles. The van der Waals surface area contributed by atoms with Crippen molar-refractivity contribution in [2.45, 2.75) is 77.4 Å². The van der Waals surface area contributed by atoms with Crippen LogP contribution in [0.25, 0.3) is 0 Å². The van der Waals surface area contributed by atoms with E-state index in [2.05, 4.69) is 31.0 Å². The lowest BCUT2D eigenvalue weighted by Crippen LogP contribution is -2.48. The molecule has 0 aromatic carbocycles. The summed E-state index contributed by atoms with van der Waals surface area (Å²) in [6.07, 6.45) is 8.52. The maximum atomic E-state index is 3.89. The van der Waals surface area contributed by atoms with E-state index in [0.29, 0.717) is 0 Å². The van der Waals surface area contributed by atoms with Gasteiger partial charge in [0.15, 0.2) is 0 Å². The van der Waals surface area contributed by atoms with E-state index in [0.717, 1.165) is 24.0 Å². The molecule has 0 amide bonds. The molecular formula is C15H30N2. The van der Waals surface area contributed by atoms with Crippen molar-refractivity contribution in [3.05, 3.63) is 0 Å². The van der Waals surface area contributed by atoms with Gasteiger partial charge in [-0.2, -0.15) is 0 Å². The van der Waals surface area contributed by atoms with Crippen molar-refractivity contribution in [2.75, 3.05) is 13.1 Å². The van der Waals surface area contributed by atoms with Crippen LogP contribution in [-0.2, 0) is 0 Å². The summed E-state index contributed by atoms with van der Waals surface area (Å²) in [4.78, 5) is 2.61. The van der Waals surface area contributed by atoms with Crippen molar-refractivity contribution in [3.8, 4) is 0 Å². The van der Waals surface area contributed by atoms with Crippen molar-refractivity contribution < 1.29 is 0 Å². The summed E-state index contributed by atoms with van der Waals surface area (Å²) in [5, 5.41) is 3.89. The molecule has 1 unspecified atom stereocenters. The second-order valence-electron chi connectivity index (χ2n) is 6.40. The Labute approximate surface area is 107 Å². The first-order valence-corrected chi connectivity index (χ1v) is 7.67. The molecule has 2 nitrogen and oxygen atoms in total. The van der Waals surface area contributed by atoms with Crippen molar-refractivity contribution in [1.82, 2.24) is 10.2 Å². The first-order chi connectivity index (χ1) is 8.16. The Hall–Kier alpha value is -0.0800. The number of nitrogens with zero attached hydrogens (tertiary/aromatic N) is 1. The molecule has 0 spiro atoms. The number of hydrogen-bond acceptors (Lipinski definition) is 2. The summed E-state index contributed by atoms with van der Waals surface area (Å²) in [7, 11) is 0. The number of nitrogens with one attached hydrogen (secondary N) is 1. The van der Waals surface area contributed by atoms with Gasteiger partial charge >= 0.3 is 0 Å². The molecule has 2 fully saturated rings. The molecular weight excluding hydrogens is 208 g/mol. The first-order valence-electron chi connectivity index (χ1n) is 7.67. The minimum absolute atomic E-state index is 0.725. The third kappa shape index (κ3) is 3.69. The summed E-state index contributed by atoms with van der Waals surface area (Å²) >= 11 is 0. The Morgan fingerprint density at radius 3 is 2.06 bits per heavy atom. The van der Waals surface area contributed by atoms with Crippen LogP contribution in [0.3, 0.4) is 0 Å². The molecule has 100 valence electrons. The minimum Gasteiger partial charge on any atom is -0.311 e. The first kappa shape index (κ1) is 13.4. The van der Waals surface area contributed by atoms with Crippen LogP contribution in [0.4, 0.5) is 0 Å². The zero-order valence-corrected chi connectivity index (χ0v) is 11.9. The summed E-state index contributed by atoms with van der Waals surface area (Å²) in [5.41, 5.74) is 0. The second-order valence-corrected chi connectivity index (χ2v) is 6.40. The SMILES string of the molecule is CC(NC1CCN(C(C)C)CC1)C1CCCC1. The Morgan fingerprint density at radius 2 is 1.53 bits per heavy atom. The summed E-state index contributed by atoms with van der Waals surface area (Å²) in [6.45, 7) is 9.61. The zero-order chi connectivity index (χ0) is 12.3. The Balaban J connectivity index is 1.70. The molecule has 0 bridgehead atoms. The van der Waals surface area contributed by atoms with Crippen LogP contribution in [0.1, 0.15) is 59.3 Å². The smallest absolute Gasteiger partial charge is 0.00940 e. The largest absolute Gasteiger partial charge is 0.311 e. The van der Waals surface area contributed by atoms with Crippen LogP contribution in [0, 0.1) is 5.92 Å². The molecule has 17 heavy (non-hydrogen) atoms. The van der Waals surface area contributed by atoms with Gasteiger partial charge in [0.25, 0.3) is 0 Å². The van der Waals surface area contributed by atoms with Gasteiger partial charge in [-0.15, -0.1) is 0 Å². The molecule has 1 heterocycles. The van der Waals surface area contributed by atoms with Gasteiger partial charge in [0.2, 0.25) is 0 Å². The van der Waals surface area contributed by atoms with Crippen molar-refractivity contribution in [1.29, 1.82) is 0 Å². The predicted molar refractivity (Wildman–Crippen MR) is 74.3 cm³/mol. The highest BCUT2D eigenvalue weighted by molar-refractivity contribution is 4.84. The Kier molecular flexibility index (Phi) is 4.87. The molecule has 1 saturated carbocycles. The Morgan fingerprint density at radius 1 is 0.941 bits per heavy atom. The van der Waals surface area contributed by atoms with Crippen LogP contribution in [0.15, 0.2) is 0 Å². The van der Waals surface area contributed by atoms with E-state index in [1.54, 1.807) is 0 Å². The molecule has 1 saturated heterocycles. The number of piperidine rings is 1. The van der Waals surface area contributed by atoms with E-state index in [1.165, 1.54) is 51.6 Å². The highest BCUT2D eigenvalue weighted by Gasteiger charge is 2.26. The minimum atomic E-state index is 0.725. The van der Waals surface area contributed by atoms with Crippen LogP contribution in [-0.4, -0.2) is 36.1 Å². The van der Waals surface area contributed by atoms with Crippen molar-refractivity contribution in [3.63, 3.8) is 0 Å². The lowest BCUT2D eigenvalue weighted by molar-refractivity contribution is 0.152. The van der Waals surface area contributed by atoms with Gasteiger partial charge in [-0.1, -0.05) is 12.8 Å². The number of rotatable bonds is 4. The van der Waals surface area contributed by atoms with Crippen molar-refractivity contribution >= 4 is 0 Å². The average molecular weight is 238 g/mol. The van der Waals surface area contributed by atoms with Gasteiger partial charge in [-0.3, -0.25) is 0 Å². The fourth-order valence-electron chi connectivity index (χ4n) is 3.55. The van der Waals surface area contributed by atoms with E-state index in [4.69, 9.17) is 0 Å². The zero-order valence-electron chi connectivity index (χ0n) is 11.9. The topological polar surface area (TPSA) is 15.3 Å². The quantitative estimate of drug-likeness (QED) is 0.810. The molecule has 0 radical (unpaired) electrons. The molecule has 1 aliphatic heterocycles. The van der Waals surface area contributed by atoms with Gasteiger partial charge in [-0.05, 0) is 65.5 Å². The van der Waals surface area contributed by atoms with Crippen LogP contribution in [0.5, 0.6) is 0 Å². The third-order valence-electron chi connectivity index (χ3n) is 4.87. The normalized spacial score (nSPS) is 26.8. The lowest BCUT2D eigenvalue weighted by Gasteiger charge is -2.37. The number of likely N-dealkylation sites (tertiary alicyclic amines) is 1. The van der Waals surface area contributed by atoms with E-state index in [9.17, 15) is 0 Å². The third-order valence-corrected chi connectivity index (χ3v) is 4.87. The van der Waals surface area contributed by atoms with Gasteiger partial charge in [0.1, 0.15) is 0 Å².